The van der Waals surface area contributed by atoms with Gasteiger partial charge in [-0.1, -0.05) is 76.0 Å². The molecule has 39 heavy (non-hydrogen) atoms. The molecule has 0 spiro atoms. The van der Waals surface area contributed by atoms with Gasteiger partial charge >= 0.3 is 5.97 Å². The average Bonchev–Trinajstić information content (AvgIpc) is 2.94. The van der Waals surface area contributed by atoms with Crippen molar-refractivity contribution in [1.29, 1.82) is 0 Å². The van der Waals surface area contributed by atoms with Crippen molar-refractivity contribution in [1.82, 2.24) is 0 Å². The van der Waals surface area contributed by atoms with Crippen LogP contribution in [0.25, 0.3) is 0 Å². The topological polar surface area (TPSA) is 135 Å². The fourth-order valence-electron chi connectivity index (χ4n) is 4.01. The van der Waals surface area contributed by atoms with Crippen molar-refractivity contribution < 1.29 is 44.2 Å². The summed E-state index contributed by atoms with van der Waals surface area (Å²) in [5, 5.41) is 39.2. The van der Waals surface area contributed by atoms with E-state index < -0.39 is 49.4 Å². The first kappa shape index (κ1) is 35.4. The lowest BCUT2D eigenvalue weighted by Crippen LogP contribution is -2.59. The number of esters is 1. The summed E-state index contributed by atoms with van der Waals surface area (Å²) < 4.78 is 21.9. The molecule has 0 aromatic heterocycles. The van der Waals surface area contributed by atoms with Gasteiger partial charge < -0.3 is 39.4 Å². The third kappa shape index (κ3) is 16.3. The highest BCUT2D eigenvalue weighted by Gasteiger charge is 2.44. The number of carbonyl (C=O) groups is 1. The number of aliphatic hydroxyl groups is 4. The molecule has 1 fully saturated rings. The number of carbonyl (C=O) groups excluding carboxylic acids is 1. The Kier molecular flexibility index (Phi) is 21.0. The van der Waals surface area contributed by atoms with Crippen LogP contribution in [0.15, 0.2) is 36.5 Å². The molecule has 4 N–H and O–H groups in total. The van der Waals surface area contributed by atoms with Gasteiger partial charge in [-0.2, -0.15) is 0 Å². The smallest absolute Gasteiger partial charge is 0.305 e. The molecule has 6 atom stereocenters. The number of hydrogen-bond donors (Lipinski definition) is 4. The summed E-state index contributed by atoms with van der Waals surface area (Å²) in [6.45, 7) is 3.80. The number of unbranched alkanes of at least 4 members (excludes halogenated alkanes) is 6. The van der Waals surface area contributed by atoms with Gasteiger partial charge in [-0.05, 0) is 38.5 Å². The van der Waals surface area contributed by atoms with Crippen molar-refractivity contribution in [3.8, 4) is 0 Å². The number of rotatable bonds is 22. The van der Waals surface area contributed by atoms with Crippen LogP contribution in [0.1, 0.15) is 84.5 Å². The lowest BCUT2D eigenvalue weighted by Gasteiger charge is -2.39. The van der Waals surface area contributed by atoms with Crippen LogP contribution >= 0.6 is 0 Å². The molecule has 0 saturated carbocycles. The fraction of sp³-hybridized carbons (Fsp3) is 0.767. The van der Waals surface area contributed by atoms with E-state index in [0.717, 1.165) is 44.9 Å². The van der Waals surface area contributed by atoms with Crippen molar-refractivity contribution in [2.24, 2.45) is 0 Å². The Balaban J connectivity index is 2.16. The van der Waals surface area contributed by atoms with Crippen LogP contribution < -0.4 is 0 Å². The lowest BCUT2D eigenvalue weighted by molar-refractivity contribution is -0.305. The Labute approximate surface area is 234 Å². The Morgan fingerprint density at radius 3 is 2.13 bits per heavy atom. The zero-order valence-corrected chi connectivity index (χ0v) is 23.9. The fourth-order valence-corrected chi connectivity index (χ4v) is 4.01. The van der Waals surface area contributed by atoms with Crippen LogP contribution in [0.4, 0.5) is 0 Å². The van der Waals surface area contributed by atoms with Crippen molar-refractivity contribution in [3.05, 3.63) is 36.5 Å². The summed E-state index contributed by atoms with van der Waals surface area (Å²) in [6, 6.07) is 0. The van der Waals surface area contributed by atoms with Crippen LogP contribution in [-0.2, 0) is 23.7 Å². The molecule has 0 aromatic rings. The highest BCUT2D eigenvalue weighted by Crippen LogP contribution is 2.22. The van der Waals surface area contributed by atoms with Gasteiger partial charge in [0.15, 0.2) is 6.29 Å². The van der Waals surface area contributed by atoms with Crippen molar-refractivity contribution in [2.75, 3.05) is 26.4 Å². The molecule has 1 aliphatic rings. The molecule has 0 bridgehead atoms. The second-order valence-corrected chi connectivity index (χ2v) is 9.77. The molecule has 9 heteroatoms. The molecule has 1 aliphatic heterocycles. The molecule has 0 amide bonds. The van der Waals surface area contributed by atoms with Crippen LogP contribution in [0, 0.1) is 0 Å². The molecule has 6 unspecified atom stereocenters. The summed E-state index contributed by atoms with van der Waals surface area (Å²) in [7, 11) is 0. The van der Waals surface area contributed by atoms with Gasteiger partial charge in [0.2, 0.25) is 0 Å². The zero-order valence-electron chi connectivity index (χ0n) is 23.9. The molecule has 0 radical (unpaired) electrons. The first-order valence-corrected chi connectivity index (χ1v) is 14.6. The Hall–Kier alpha value is -1.59. The highest BCUT2D eigenvalue weighted by molar-refractivity contribution is 5.69. The molecule has 1 saturated heterocycles. The minimum Gasteiger partial charge on any atom is -0.457 e. The van der Waals surface area contributed by atoms with E-state index in [0.29, 0.717) is 6.61 Å². The first-order chi connectivity index (χ1) is 18.9. The predicted octanol–water partition coefficient (Wildman–Crippen LogP) is 3.73. The maximum Gasteiger partial charge on any atom is 0.305 e. The van der Waals surface area contributed by atoms with Gasteiger partial charge in [0.25, 0.3) is 0 Å². The summed E-state index contributed by atoms with van der Waals surface area (Å²) in [4.78, 5) is 11.8. The minimum absolute atomic E-state index is 0.125. The van der Waals surface area contributed by atoms with Gasteiger partial charge in [-0.15, -0.1) is 0 Å². The average molecular weight is 557 g/mol. The van der Waals surface area contributed by atoms with Gasteiger partial charge in [-0.3, -0.25) is 4.79 Å². The number of hydrogen-bond acceptors (Lipinski definition) is 9. The molecular weight excluding hydrogens is 504 g/mol. The van der Waals surface area contributed by atoms with Crippen LogP contribution in [0.5, 0.6) is 0 Å². The van der Waals surface area contributed by atoms with Gasteiger partial charge in [0.1, 0.15) is 30.5 Å². The van der Waals surface area contributed by atoms with Crippen molar-refractivity contribution in [2.45, 2.75) is 121 Å². The quantitative estimate of drug-likeness (QED) is 0.0894. The van der Waals surface area contributed by atoms with Gasteiger partial charge in [0.05, 0.1) is 19.8 Å². The lowest BCUT2D eigenvalue weighted by atomic mass is 9.99. The third-order valence-electron chi connectivity index (χ3n) is 6.37. The van der Waals surface area contributed by atoms with Gasteiger partial charge in [-0.25, -0.2) is 0 Å². The van der Waals surface area contributed by atoms with E-state index in [1.165, 1.54) is 19.3 Å². The maximum absolute atomic E-state index is 11.8. The number of allylic oxidation sites excluding steroid dienone is 6. The summed E-state index contributed by atoms with van der Waals surface area (Å²) >= 11 is 0. The molecule has 0 aliphatic carbocycles. The Morgan fingerprint density at radius 2 is 1.46 bits per heavy atom. The first-order valence-electron chi connectivity index (χ1n) is 14.6. The SMILES string of the molecule is CC/C=C\C/C=C\C/C=C\CCCCCCCCOCC(COC1OC(CO)C(O)C(O)C1O)OC(=O)CC. The van der Waals surface area contributed by atoms with E-state index in [4.69, 9.17) is 18.9 Å². The number of ether oxygens (including phenoxy) is 4. The maximum atomic E-state index is 11.8. The molecular formula is C30H52O9. The summed E-state index contributed by atoms with van der Waals surface area (Å²) in [5.41, 5.74) is 0. The number of aliphatic hydroxyl groups excluding tert-OH is 4. The van der Waals surface area contributed by atoms with E-state index >= 15 is 0 Å². The van der Waals surface area contributed by atoms with E-state index in [1.807, 2.05) is 0 Å². The van der Waals surface area contributed by atoms with E-state index in [2.05, 4.69) is 43.4 Å². The highest BCUT2D eigenvalue weighted by atomic mass is 16.7. The molecule has 1 rings (SSSR count). The zero-order chi connectivity index (χ0) is 28.7. The minimum atomic E-state index is -1.53. The van der Waals surface area contributed by atoms with E-state index in [9.17, 15) is 25.2 Å². The summed E-state index contributed by atoms with van der Waals surface area (Å²) in [5.74, 6) is -0.410. The van der Waals surface area contributed by atoms with Crippen LogP contribution in [-0.4, -0.2) is 89.6 Å². The van der Waals surface area contributed by atoms with E-state index in [1.54, 1.807) is 6.92 Å². The molecule has 0 aromatic carbocycles. The standard InChI is InChI=1S/C30H52O9/c1-3-5-6-7-8-9-10-11-12-13-14-15-16-17-18-19-20-36-22-24(38-26(32)4-2)23-37-30-29(35)28(34)27(33)25(21-31)39-30/h5-6,8-9,11-12,24-25,27-31,33-35H,3-4,7,10,13-23H2,1-2H3/b6-5-,9-8-,12-11-. The Morgan fingerprint density at radius 1 is 0.821 bits per heavy atom. The van der Waals surface area contributed by atoms with Crippen LogP contribution in [0.2, 0.25) is 0 Å². The van der Waals surface area contributed by atoms with Crippen molar-refractivity contribution >= 4 is 5.97 Å². The molecule has 226 valence electrons. The third-order valence-corrected chi connectivity index (χ3v) is 6.37. The second-order valence-electron chi connectivity index (χ2n) is 9.77. The monoisotopic (exact) mass is 556 g/mol. The predicted molar refractivity (Wildman–Crippen MR) is 150 cm³/mol. The van der Waals surface area contributed by atoms with E-state index in [-0.39, 0.29) is 19.6 Å². The normalized spacial score (nSPS) is 24.7. The summed E-state index contributed by atoms with van der Waals surface area (Å²) in [6.07, 6.45) is 16.9. The van der Waals surface area contributed by atoms with Gasteiger partial charge in [0, 0.05) is 13.0 Å². The van der Waals surface area contributed by atoms with Crippen molar-refractivity contribution in [3.63, 3.8) is 0 Å². The Bertz CT molecular complexity index is 692. The molecule has 1 heterocycles. The molecule has 9 nitrogen and oxygen atoms in total. The van der Waals surface area contributed by atoms with Crippen LogP contribution in [0.3, 0.4) is 0 Å². The second kappa shape index (κ2) is 23.1. The largest absolute Gasteiger partial charge is 0.457 e.